The van der Waals surface area contributed by atoms with E-state index in [9.17, 15) is 0 Å². The topological polar surface area (TPSA) is 25.8 Å². The maximum atomic E-state index is 5.99. The molecule has 1 heterocycles. The molecule has 2 aromatic rings. The monoisotopic (exact) mass is 286 g/mol. The van der Waals surface area contributed by atoms with E-state index in [2.05, 4.69) is 10.2 Å². The van der Waals surface area contributed by atoms with E-state index in [0.29, 0.717) is 5.88 Å². The summed E-state index contributed by atoms with van der Waals surface area (Å²) in [6.45, 7) is 1.99. The molecular formula is C12H12Cl2N2S. The number of nitrogens with zero attached hydrogens (tertiary/aromatic N) is 2. The summed E-state index contributed by atoms with van der Waals surface area (Å²) in [5.74, 6) is 0.662. The van der Waals surface area contributed by atoms with Gasteiger partial charge in [-0.3, -0.25) is 0 Å². The van der Waals surface area contributed by atoms with Crippen molar-refractivity contribution in [1.29, 1.82) is 0 Å². The number of aryl methyl sites for hydroxylation is 2. The van der Waals surface area contributed by atoms with Gasteiger partial charge in [0.2, 0.25) is 0 Å². The van der Waals surface area contributed by atoms with E-state index >= 15 is 0 Å². The summed E-state index contributed by atoms with van der Waals surface area (Å²) in [6.07, 6.45) is 1.84. The fraction of sp³-hybridized carbons (Fsp3) is 0.333. The van der Waals surface area contributed by atoms with Gasteiger partial charge in [-0.1, -0.05) is 29.0 Å². The summed E-state index contributed by atoms with van der Waals surface area (Å²) in [5, 5.41) is 11.1. The van der Waals surface area contributed by atoms with Crippen LogP contribution in [0.3, 0.4) is 0 Å². The number of aromatic nitrogens is 2. The van der Waals surface area contributed by atoms with Crippen LogP contribution in [0.25, 0.3) is 10.6 Å². The lowest BCUT2D eigenvalue weighted by atomic mass is 10.1. The molecule has 2 nitrogen and oxygen atoms in total. The predicted molar refractivity (Wildman–Crippen MR) is 74.1 cm³/mol. The summed E-state index contributed by atoms with van der Waals surface area (Å²) in [7, 11) is 0. The van der Waals surface area contributed by atoms with Gasteiger partial charge in [-0.2, -0.15) is 0 Å². The number of rotatable bonds is 4. The maximum Gasteiger partial charge on any atom is 0.147 e. The Labute approximate surface area is 115 Å². The summed E-state index contributed by atoms with van der Waals surface area (Å²) in [4.78, 5) is 0. The molecule has 0 radical (unpaired) electrons. The first-order valence-corrected chi connectivity index (χ1v) is 7.08. The van der Waals surface area contributed by atoms with Crippen molar-refractivity contribution in [1.82, 2.24) is 10.2 Å². The van der Waals surface area contributed by atoms with Gasteiger partial charge in [-0.15, -0.1) is 21.8 Å². The zero-order valence-corrected chi connectivity index (χ0v) is 11.7. The van der Waals surface area contributed by atoms with Gasteiger partial charge < -0.3 is 0 Å². The average molecular weight is 287 g/mol. The minimum absolute atomic E-state index is 0.662. The molecule has 17 heavy (non-hydrogen) atoms. The Morgan fingerprint density at radius 2 is 2.12 bits per heavy atom. The molecule has 90 valence electrons. The molecule has 0 atom stereocenters. The van der Waals surface area contributed by atoms with Crippen LogP contribution in [-0.2, 0) is 6.42 Å². The Morgan fingerprint density at radius 3 is 2.82 bits per heavy atom. The molecule has 0 saturated heterocycles. The summed E-state index contributed by atoms with van der Waals surface area (Å²) in [6, 6.07) is 5.90. The van der Waals surface area contributed by atoms with Gasteiger partial charge in [0, 0.05) is 22.9 Å². The first-order valence-electron chi connectivity index (χ1n) is 5.35. The van der Waals surface area contributed by atoms with Crippen LogP contribution < -0.4 is 0 Å². The molecule has 0 unspecified atom stereocenters. The Bertz CT molecular complexity index is 511. The van der Waals surface area contributed by atoms with Gasteiger partial charge in [-0.25, -0.2) is 0 Å². The third-order valence-corrected chi connectivity index (χ3v) is 4.12. The number of halogens is 2. The Kier molecular flexibility index (Phi) is 4.37. The van der Waals surface area contributed by atoms with Crippen LogP contribution in [0.2, 0.25) is 5.02 Å². The molecule has 5 heteroatoms. The van der Waals surface area contributed by atoms with Crippen LogP contribution in [-0.4, -0.2) is 16.1 Å². The van der Waals surface area contributed by atoms with Gasteiger partial charge in [-0.05, 0) is 31.0 Å². The second-order valence-electron chi connectivity index (χ2n) is 3.76. The van der Waals surface area contributed by atoms with Crippen molar-refractivity contribution < 1.29 is 0 Å². The van der Waals surface area contributed by atoms with Gasteiger partial charge >= 0.3 is 0 Å². The highest BCUT2D eigenvalue weighted by molar-refractivity contribution is 7.14. The fourth-order valence-corrected chi connectivity index (χ4v) is 2.60. The van der Waals surface area contributed by atoms with Crippen molar-refractivity contribution in [2.75, 3.05) is 5.88 Å². The number of hydrogen-bond donors (Lipinski definition) is 0. The molecule has 0 aliphatic heterocycles. The summed E-state index contributed by atoms with van der Waals surface area (Å²) < 4.78 is 0. The average Bonchev–Trinajstić information content (AvgIpc) is 2.79. The van der Waals surface area contributed by atoms with Gasteiger partial charge in [0.15, 0.2) is 0 Å². The third kappa shape index (κ3) is 3.18. The van der Waals surface area contributed by atoms with E-state index < -0.39 is 0 Å². The van der Waals surface area contributed by atoms with Crippen molar-refractivity contribution in [3.8, 4) is 10.6 Å². The molecular weight excluding hydrogens is 275 g/mol. The van der Waals surface area contributed by atoms with E-state index in [4.69, 9.17) is 23.2 Å². The van der Waals surface area contributed by atoms with E-state index in [-0.39, 0.29) is 0 Å². The normalized spacial score (nSPS) is 10.8. The van der Waals surface area contributed by atoms with Gasteiger partial charge in [0.1, 0.15) is 10.0 Å². The second-order valence-corrected chi connectivity index (χ2v) is 5.60. The van der Waals surface area contributed by atoms with E-state index in [1.54, 1.807) is 11.3 Å². The Morgan fingerprint density at radius 1 is 1.29 bits per heavy atom. The highest BCUT2D eigenvalue weighted by Gasteiger charge is 2.07. The summed E-state index contributed by atoms with van der Waals surface area (Å²) >= 11 is 13.3. The van der Waals surface area contributed by atoms with Crippen molar-refractivity contribution in [2.24, 2.45) is 0 Å². The fourth-order valence-electron chi connectivity index (χ4n) is 1.47. The maximum absolute atomic E-state index is 5.99. The second kappa shape index (κ2) is 5.80. The zero-order valence-electron chi connectivity index (χ0n) is 9.41. The van der Waals surface area contributed by atoms with Gasteiger partial charge in [0.25, 0.3) is 0 Å². The van der Waals surface area contributed by atoms with Crippen molar-refractivity contribution in [3.63, 3.8) is 0 Å². The molecule has 0 fully saturated rings. The zero-order chi connectivity index (χ0) is 12.3. The molecule has 1 aromatic heterocycles. The Hall–Kier alpha value is -0.640. The van der Waals surface area contributed by atoms with Crippen molar-refractivity contribution in [3.05, 3.63) is 33.8 Å². The molecule has 0 bridgehead atoms. The van der Waals surface area contributed by atoms with Crippen LogP contribution in [0.1, 0.15) is 17.0 Å². The summed E-state index contributed by atoms with van der Waals surface area (Å²) in [5.41, 5.74) is 2.13. The van der Waals surface area contributed by atoms with Crippen LogP contribution in [0.5, 0.6) is 0 Å². The van der Waals surface area contributed by atoms with Crippen LogP contribution in [0.15, 0.2) is 18.2 Å². The van der Waals surface area contributed by atoms with E-state index in [1.165, 1.54) is 0 Å². The minimum atomic E-state index is 0.662. The molecule has 0 saturated carbocycles. The Balaban J connectivity index is 2.21. The SMILES string of the molecule is Cc1cc(-c2nnc(CCCCl)s2)ccc1Cl. The van der Waals surface area contributed by atoms with E-state index in [0.717, 1.165) is 39.0 Å². The van der Waals surface area contributed by atoms with Crippen molar-refractivity contribution in [2.45, 2.75) is 19.8 Å². The number of alkyl halides is 1. The molecule has 0 aliphatic rings. The quantitative estimate of drug-likeness (QED) is 0.782. The number of hydrogen-bond acceptors (Lipinski definition) is 3. The first kappa shape index (κ1) is 12.8. The minimum Gasteiger partial charge on any atom is -0.143 e. The third-order valence-electron chi connectivity index (χ3n) is 2.40. The highest BCUT2D eigenvalue weighted by atomic mass is 35.5. The lowest BCUT2D eigenvalue weighted by Crippen LogP contribution is -1.84. The van der Waals surface area contributed by atoms with Crippen molar-refractivity contribution >= 4 is 34.5 Å². The number of benzene rings is 1. The highest BCUT2D eigenvalue weighted by Crippen LogP contribution is 2.27. The lowest BCUT2D eigenvalue weighted by Gasteiger charge is -1.99. The van der Waals surface area contributed by atoms with Crippen LogP contribution in [0.4, 0.5) is 0 Å². The molecule has 0 amide bonds. The smallest absolute Gasteiger partial charge is 0.143 e. The van der Waals surface area contributed by atoms with Gasteiger partial charge in [0.05, 0.1) is 0 Å². The van der Waals surface area contributed by atoms with Crippen LogP contribution in [0, 0.1) is 6.92 Å². The standard InChI is InChI=1S/C12H12Cl2N2S/c1-8-7-9(4-5-10(8)14)12-16-15-11(17-12)3-2-6-13/h4-5,7H,2-3,6H2,1H3. The predicted octanol–water partition coefficient (Wildman–Crippen LogP) is 4.34. The lowest BCUT2D eigenvalue weighted by molar-refractivity contribution is 0.884. The molecule has 2 rings (SSSR count). The molecule has 1 aromatic carbocycles. The molecule has 0 N–H and O–H groups in total. The van der Waals surface area contributed by atoms with Crippen LogP contribution >= 0.6 is 34.5 Å². The molecule has 0 aliphatic carbocycles. The largest absolute Gasteiger partial charge is 0.147 e. The van der Waals surface area contributed by atoms with E-state index in [1.807, 2.05) is 25.1 Å². The molecule has 0 spiro atoms. The first-order chi connectivity index (χ1) is 8.20.